The van der Waals surface area contributed by atoms with E-state index in [1.54, 1.807) is 36.4 Å². The Morgan fingerprint density at radius 3 is 2.23 bits per heavy atom. The molecule has 4 aromatic carbocycles. The Labute approximate surface area is 262 Å². The smallest absolute Gasteiger partial charge is 0.344 e. The molecule has 1 heterocycles. The second-order valence-electron chi connectivity index (χ2n) is 10.1. The molecular weight excluding hydrogens is 621 g/mol. The van der Waals surface area contributed by atoms with Crippen molar-refractivity contribution in [2.45, 2.75) is 6.42 Å². The van der Waals surface area contributed by atoms with Gasteiger partial charge in [-0.2, -0.15) is 5.10 Å². The number of fused-ring (bicyclic) bond motifs is 1. The summed E-state index contributed by atoms with van der Waals surface area (Å²) >= 11 is 0. The monoisotopic (exact) mass is 644 g/mol. The van der Waals surface area contributed by atoms with Gasteiger partial charge in [-0.3, -0.25) is 25.0 Å². The fraction of sp³-hybridized carbons (Fsp3) is 0.100. The van der Waals surface area contributed by atoms with Gasteiger partial charge in [-0.05, 0) is 41.0 Å². The second-order valence-corrected chi connectivity index (χ2v) is 10.1. The van der Waals surface area contributed by atoms with Gasteiger partial charge in [-0.25, -0.2) is 14.3 Å². The molecule has 0 spiro atoms. The van der Waals surface area contributed by atoms with Gasteiger partial charge in [0, 0.05) is 17.9 Å². The van der Waals surface area contributed by atoms with Crippen LogP contribution in [0.3, 0.4) is 0 Å². The van der Waals surface area contributed by atoms with Crippen LogP contribution in [-0.2, 0) is 6.42 Å². The van der Waals surface area contributed by atoms with Gasteiger partial charge in [-0.1, -0.05) is 42.5 Å². The highest BCUT2D eigenvalue weighted by atomic mass is 19.1. The third-order valence-corrected chi connectivity index (χ3v) is 6.84. The first kappa shape index (κ1) is 31.6. The second kappa shape index (κ2) is 13.1. The number of carbonyl (C=O) groups excluding carboxylic acids is 1. The van der Waals surface area contributed by atoms with Gasteiger partial charge >= 0.3 is 17.3 Å². The zero-order valence-corrected chi connectivity index (χ0v) is 24.5. The van der Waals surface area contributed by atoms with E-state index in [4.69, 9.17) is 9.57 Å². The molecule has 47 heavy (non-hydrogen) atoms. The first-order chi connectivity index (χ1) is 22.4. The van der Waals surface area contributed by atoms with Crippen molar-refractivity contribution in [3.05, 3.63) is 137 Å². The minimum atomic E-state index is -1.11. The lowest BCUT2D eigenvalue weighted by Crippen LogP contribution is -2.39. The molecule has 0 amide bonds. The number of halogens is 1. The quantitative estimate of drug-likeness (QED) is 0.0675. The molecule has 0 saturated heterocycles. The lowest BCUT2D eigenvalue weighted by molar-refractivity contribution is -0.772. The molecule has 0 aliphatic heterocycles. The first-order valence-corrected chi connectivity index (χ1v) is 13.5. The predicted octanol–water partition coefficient (Wildman–Crippen LogP) is 4.41. The molecule has 0 aliphatic carbocycles. The summed E-state index contributed by atoms with van der Waals surface area (Å²) in [5.41, 5.74) is 1.24. The molecule has 2 N–H and O–H groups in total. The highest BCUT2D eigenvalue weighted by Gasteiger charge is 2.31. The van der Waals surface area contributed by atoms with Crippen molar-refractivity contribution in [3.63, 3.8) is 0 Å². The van der Waals surface area contributed by atoms with E-state index < -0.39 is 44.5 Å². The number of nitrogens with zero attached hydrogens (tertiary/aromatic N) is 5. The lowest BCUT2D eigenvalue weighted by atomic mass is 9.95. The third-order valence-electron chi connectivity index (χ3n) is 6.84. The van der Waals surface area contributed by atoms with E-state index in [0.717, 1.165) is 11.1 Å². The zero-order chi connectivity index (χ0) is 33.8. The molecular formula is C30H23FN7O9+. The maximum absolute atomic E-state index is 13.8. The maximum atomic E-state index is 13.8. The maximum Gasteiger partial charge on any atom is 0.344 e. The lowest BCUT2D eigenvalue weighted by Gasteiger charge is -2.13. The van der Waals surface area contributed by atoms with Crippen LogP contribution < -0.4 is 20.7 Å². The zero-order valence-electron chi connectivity index (χ0n) is 24.5. The van der Waals surface area contributed by atoms with Crippen LogP contribution in [0.25, 0.3) is 21.9 Å². The highest BCUT2D eigenvalue weighted by molar-refractivity contribution is 5.99. The largest absolute Gasteiger partial charge is 0.415 e. The topological polar surface area (TPSA) is 203 Å². The number of carbonyl (C=O) groups is 1. The Morgan fingerprint density at radius 2 is 1.57 bits per heavy atom. The molecule has 5 rings (SSSR count). The van der Waals surface area contributed by atoms with E-state index in [9.17, 15) is 39.1 Å². The van der Waals surface area contributed by atoms with Crippen LogP contribution in [0.2, 0.25) is 0 Å². The van der Waals surface area contributed by atoms with Crippen molar-refractivity contribution in [1.82, 2.24) is 20.8 Å². The Bertz CT molecular complexity index is 2120. The number of benzene rings is 4. The van der Waals surface area contributed by atoms with E-state index in [2.05, 4.69) is 10.2 Å². The number of hydrogen-bond acceptors (Lipinski definition) is 10. The SMILES string of the molecule is CN(C)[N+](=O)NOc1cc(OC(=O)c2cc(Cc3n[nH]c(=O)c4ccccc34)ccc2-c2ccc(F)cc2)c([N+](=O)[O-])cc1[N+](=O)[O-]. The Kier molecular flexibility index (Phi) is 8.79. The number of hydrogen-bond donors (Lipinski definition) is 2. The van der Waals surface area contributed by atoms with Gasteiger partial charge in [-0.15, -0.1) is 5.01 Å². The van der Waals surface area contributed by atoms with Gasteiger partial charge < -0.3 is 9.57 Å². The normalized spacial score (nSPS) is 10.7. The van der Waals surface area contributed by atoms with Crippen molar-refractivity contribution >= 4 is 28.1 Å². The van der Waals surface area contributed by atoms with Crippen LogP contribution in [0.15, 0.2) is 83.7 Å². The summed E-state index contributed by atoms with van der Waals surface area (Å²) in [6.07, 6.45) is 0.139. The van der Waals surface area contributed by atoms with Crippen molar-refractivity contribution in [3.8, 4) is 22.6 Å². The molecule has 0 aliphatic rings. The molecule has 238 valence electrons. The number of aromatic amines is 1. The summed E-state index contributed by atoms with van der Waals surface area (Å²) in [6.45, 7) is 0. The minimum absolute atomic E-state index is 0.0672. The molecule has 0 unspecified atom stereocenters. The Hall–Kier alpha value is -6.78. The number of esters is 1. The summed E-state index contributed by atoms with van der Waals surface area (Å²) in [6, 6.07) is 18.0. The third kappa shape index (κ3) is 6.83. The standard InChI is InChI=1S/C30H22FN7O9/c1-35(2)38(45)34-47-28-16-27(25(36(41)42)15-26(28)37(43)44)46-30(40)23-13-17(7-12-20(23)18-8-10-19(31)11-9-18)14-24-21-5-3-4-6-22(21)29(39)33-32-24/h3-13,15-16H,14H2,1-2H3,(H-,33,34,39,45)/p+1. The van der Waals surface area contributed by atoms with E-state index in [1.165, 1.54) is 44.4 Å². The average Bonchev–Trinajstić information content (AvgIpc) is 3.05. The number of H-pyrrole nitrogens is 1. The summed E-state index contributed by atoms with van der Waals surface area (Å²) < 4.78 is 19.2. The Morgan fingerprint density at radius 1 is 0.915 bits per heavy atom. The summed E-state index contributed by atoms with van der Waals surface area (Å²) in [5.74, 6) is -3.04. The summed E-state index contributed by atoms with van der Waals surface area (Å²) in [4.78, 5) is 64.5. The van der Waals surface area contributed by atoms with E-state index in [-0.39, 0.29) is 28.1 Å². The molecule has 0 saturated carbocycles. The number of aromatic nitrogens is 2. The number of nitro benzene ring substituents is 2. The number of nitro groups is 2. The minimum Gasteiger partial charge on any atom is -0.415 e. The molecule has 1 aromatic heterocycles. The molecule has 0 bridgehead atoms. The number of nitrogens with one attached hydrogen (secondary N) is 2. The van der Waals surface area contributed by atoms with Gasteiger partial charge in [0.15, 0.2) is 0 Å². The molecule has 16 nitrogen and oxygen atoms in total. The first-order valence-electron chi connectivity index (χ1n) is 13.5. The van der Waals surface area contributed by atoms with Crippen LogP contribution in [-0.4, -0.2) is 50.1 Å². The molecule has 0 radical (unpaired) electrons. The van der Waals surface area contributed by atoms with Gasteiger partial charge in [0.25, 0.3) is 10.5 Å². The van der Waals surface area contributed by atoms with E-state index in [1.807, 2.05) is 5.59 Å². The van der Waals surface area contributed by atoms with E-state index in [0.29, 0.717) is 33.7 Å². The highest BCUT2D eigenvalue weighted by Crippen LogP contribution is 2.40. The molecule has 5 aromatic rings. The van der Waals surface area contributed by atoms with Crippen LogP contribution in [0.1, 0.15) is 21.6 Å². The molecule has 0 fully saturated rings. The Balaban J connectivity index is 1.58. The van der Waals surface area contributed by atoms with Crippen molar-refractivity contribution in [1.29, 1.82) is 0 Å². The van der Waals surface area contributed by atoms with Crippen molar-refractivity contribution in [2.24, 2.45) is 0 Å². The predicted molar refractivity (Wildman–Crippen MR) is 163 cm³/mol. The van der Waals surface area contributed by atoms with Crippen molar-refractivity contribution in [2.75, 3.05) is 14.1 Å². The van der Waals surface area contributed by atoms with E-state index >= 15 is 0 Å². The summed E-state index contributed by atoms with van der Waals surface area (Å²) in [5, 5.41) is 32.1. The number of hydrazine groups is 2. The fourth-order valence-corrected chi connectivity index (χ4v) is 4.56. The van der Waals surface area contributed by atoms with Gasteiger partial charge in [0.2, 0.25) is 11.5 Å². The van der Waals surface area contributed by atoms with Crippen LogP contribution in [0.5, 0.6) is 11.5 Å². The van der Waals surface area contributed by atoms with Crippen LogP contribution >= 0.6 is 0 Å². The molecule has 0 atom stereocenters. The summed E-state index contributed by atoms with van der Waals surface area (Å²) in [7, 11) is 2.67. The molecule has 17 heteroatoms. The van der Waals surface area contributed by atoms with Crippen LogP contribution in [0, 0.1) is 31.0 Å². The fourth-order valence-electron chi connectivity index (χ4n) is 4.56. The van der Waals surface area contributed by atoms with Gasteiger partial charge in [0.05, 0.1) is 51.1 Å². The number of rotatable bonds is 11. The van der Waals surface area contributed by atoms with Crippen LogP contribution in [0.4, 0.5) is 15.8 Å². The average molecular weight is 645 g/mol. The van der Waals surface area contributed by atoms with Crippen molar-refractivity contribution < 1.29 is 33.6 Å². The van der Waals surface area contributed by atoms with Gasteiger partial charge in [0.1, 0.15) is 11.9 Å². The number of nitroso groups, excluding NO2 is 1. The number of ether oxygens (including phenoxy) is 1.